The first kappa shape index (κ1) is 17.0. The average molecular weight is 312 g/mol. The van der Waals surface area contributed by atoms with E-state index in [1.807, 2.05) is 54.2 Å². The second-order valence-corrected chi connectivity index (χ2v) is 5.71. The van der Waals surface area contributed by atoms with E-state index in [9.17, 15) is 4.79 Å². The second kappa shape index (κ2) is 7.74. The minimum Gasteiger partial charge on any atom is -0.347 e. The Hall–Kier alpha value is -2.40. The summed E-state index contributed by atoms with van der Waals surface area (Å²) in [6.45, 7) is 6.96. The van der Waals surface area contributed by atoms with Crippen LogP contribution in [-0.4, -0.2) is 34.7 Å². The summed E-state index contributed by atoms with van der Waals surface area (Å²) in [5.41, 5.74) is 3.00. The molecule has 5 nitrogen and oxygen atoms in total. The molecule has 0 saturated carbocycles. The molecule has 1 N–H and O–H groups in total. The van der Waals surface area contributed by atoms with Crippen LogP contribution in [0.4, 0.5) is 0 Å². The Morgan fingerprint density at radius 2 is 2.09 bits per heavy atom. The molecule has 0 aliphatic rings. The standard InChI is InChI=1S/C18H24N4O/c1-5-11-22-13-16(14(2)20-22)12-19-17(18(23)21(3)4)15-9-7-6-8-10-15/h5-10,13,17,19H,1,11-12H2,2-4H3/t17-/m1/s1. The third kappa shape index (κ3) is 4.29. The van der Waals surface area contributed by atoms with Crippen molar-refractivity contribution in [2.45, 2.75) is 26.1 Å². The molecule has 1 heterocycles. The van der Waals surface area contributed by atoms with Gasteiger partial charge in [-0.25, -0.2) is 0 Å². The smallest absolute Gasteiger partial charge is 0.243 e. The molecule has 2 aromatic rings. The average Bonchev–Trinajstić information content (AvgIpc) is 2.88. The van der Waals surface area contributed by atoms with E-state index in [0.29, 0.717) is 13.1 Å². The van der Waals surface area contributed by atoms with Gasteiger partial charge in [-0.2, -0.15) is 5.10 Å². The number of likely N-dealkylation sites (N-methyl/N-ethyl adjacent to an activating group) is 1. The third-order valence-electron chi connectivity index (χ3n) is 3.68. The van der Waals surface area contributed by atoms with Gasteiger partial charge in [-0.1, -0.05) is 36.4 Å². The molecule has 5 heteroatoms. The van der Waals surface area contributed by atoms with Gasteiger partial charge in [-0.3, -0.25) is 14.8 Å². The Kier molecular flexibility index (Phi) is 5.71. The zero-order valence-corrected chi connectivity index (χ0v) is 14.0. The third-order valence-corrected chi connectivity index (χ3v) is 3.68. The highest BCUT2D eigenvalue weighted by molar-refractivity contribution is 5.82. The van der Waals surface area contributed by atoms with Gasteiger partial charge >= 0.3 is 0 Å². The Morgan fingerprint density at radius 1 is 1.39 bits per heavy atom. The lowest BCUT2D eigenvalue weighted by molar-refractivity contribution is -0.131. The Morgan fingerprint density at radius 3 is 2.70 bits per heavy atom. The molecule has 23 heavy (non-hydrogen) atoms. The molecule has 0 spiro atoms. The summed E-state index contributed by atoms with van der Waals surface area (Å²) in [7, 11) is 3.54. The molecule has 1 aromatic carbocycles. The van der Waals surface area contributed by atoms with Crippen molar-refractivity contribution in [3.63, 3.8) is 0 Å². The number of benzene rings is 1. The highest BCUT2D eigenvalue weighted by Crippen LogP contribution is 2.16. The molecule has 0 bridgehead atoms. The van der Waals surface area contributed by atoms with Crippen LogP contribution in [0.5, 0.6) is 0 Å². The van der Waals surface area contributed by atoms with Gasteiger partial charge in [0, 0.05) is 32.4 Å². The van der Waals surface area contributed by atoms with Crippen LogP contribution < -0.4 is 5.32 Å². The SMILES string of the molecule is C=CCn1cc(CN[C@@H](C(=O)N(C)C)c2ccccc2)c(C)n1. The summed E-state index contributed by atoms with van der Waals surface area (Å²) in [6.07, 6.45) is 3.80. The highest BCUT2D eigenvalue weighted by Gasteiger charge is 2.22. The predicted octanol–water partition coefficient (Wildman–Crippen LogP) is 2.30. The number of carbonyl (C=O) groups excluding carboxylic acids is 1. The van der Waals surface area contributed by atoms with E-state index in [2.05, 4.69) is 17.0 Å². The maximum absolute atomic E-state index is 12.5. The quantitative estimate of drug-likeness (QED) is 0.798. The molecular weight excluding hydrogens is 288 g/mol. The number of rotatable bonds is 7. The normalized spacial score (nSPS) is 12.0. The van der Waals surface area contributed by atoms with Crippen molar-refractivity contribution in [2.24, 2.45) is 0 Å². The van der Waals surface area contributed by atoms with Crippen molar-refractivity contribution in [1.29, 1.82) is 0 Å². The Labute approximate surface area is 137 Å². The molecule has 2 rings (SSSR count). The Balaban J connectivity index is 2.15. The number of hydrogen-bond acceptors (Lipinski definition) is 3. The molecule has 0 radical (unpaired) electrons. The lowest BCUT2D eigenvalue weighted by atomic mass is 10.1. The molecule has 0 saturated heterocycles. The lowest BCUT2D eigenvalue weighted by Crippen LogP contribution is -2.36. The van der Waals surface area contributed by atoms with Crippen LogP contribution in [0.2, 0.25) is 0 Å². The highest BCUT2D eigenvalue weighted by atomic mass is 16.2. The summed E-state index contributed by atoms with van der Waals surface area (Å²) in [5, 5.41) is 7.80. The van der Waals surface area contributed by atoms with Gasteiger partial charge in [0.15, 0.2) is 0 Å². The largest absolute Gasteiger partial charge is 0.347 e. The molecular formula is C18H24N4O. The van der Waals surface area contributed by atoms with Gasteiger partial charge in [0.25, 0.3) is 0 Å². The van der Waals surface area contributed by atoms with E-state index in [4.69, 9.17) is 0 Å². The minimum absolute atomic E-state index is 0.0346. The van der Waals surface area contributed by atoms with Crippen molar-refractivity contribution < 1.29 is 4.79 Å². The molecule has 0 aliphatic carbocycles. The van der Waals surface area contributed by atoms with Crippen LogP contribution in [0.25, 0.3) is 0 Å². The van der Waals surface area contributed by atoms with E-state index in [1.165, 1.54) is 0 Å². The molecule has 1 amide bonds. The van der Waals surface area contributed by atoms with Gasteiger partial charge in [0.1, 0.15) is 6.04 Å². The van der Waals surface area contributed by atoms with E-state index in [1.54, 1.807) is 19.0 Å². The summed E-state index contributed by atoms with van der Waals surface area (Å²) in [5.74, 6) is 0.0346. The summed E-state index contributed by atoms with van der Waals surface area (Å²) in [4.78, 5) is 14.1. The first-order chi connectivity index (χ1) is 11.0. The molecule has 1 aromatic heterocycles. The minimum atomic E-state index is -0.367. The fraction of sp³-hybridized carbons (Fsp3) is 0.333. The van der Waals surface area contributed by atoms with Gasteiger partial charge < -0.3 is 4.90 Å². The van der Waals surface area contributed by atoms with Gasteiger partial charge in [0.05, 0.1) is 12.2 Å². The monoisotopic (exact) mass is 312 g/mol. The number of allylic oxidation sites excluding steroid dienone is 1. The van der Waals surface area contributed by atoms with Crippen LogP contribution in [0, 0.1) is 6.92 Å². The molecule has 1 atom stereocenters. The van der Waals surface area contributed by atoms with Gasteiger partial charge in [-0.05, 0) is 12.5 Å². The lowest BCUT2D eigenvalue weighted by Gasteiger charge is -2.22. The van der Waals surface area contributed by atoms with E-state index in [-0.39, 0.29) is 11.9 Å². The van der Waals surface area contributed by atoms with Crippen molar-refractivity contribution in [3.8, 4) is 0 Å². The van der Waals surface area contributed by atoms with E-state index in [0.717, 1.165) is 16.8 Å². The fourth-order valence-corrected chi connectivity index (χ4v) is 2.42. The maximum atomic E-state index is 12.5. The fourth-order valence-electron chi connectivity index (χ4n) is 2.42. The number of hydrogen-bond donors (Lipinski definition) is 1. The number of aryl methyl sites for hydroxylation is 1. The number of nitrogens with zero attached hydrogens (tertiary/aromatic N) is 3. The van der Waals surface area contributed by atoms with Crippen molar-refractivity contribution in [2.75, 3.05) is 14.1 Å². The van der Waals surface area contributed by atoms with Crippen LogP contribution in [0.3, 0.4) is 0 Å². The second-order valence-electron chi connectivity index (χ2n) is 5.71. The Bertz CT molecular complexity index is 661. The number of nitrogens with one attached hydrogen (secondary N) is 1. The number of carbonyl (C=O) groups is 1. The van der Waals surface area contributed by atoms with E-state index < -0.39 is 0 Å². The summed E-state index contributed by atoms with van der Waals surface area (Å²) in [6, 6.07) is 9.40. The number of amides is 1. The zero-order chi connectivity index (χ0) is 16.8. The number of aromatic nitrogens is 2. The van der Waals surface area contributed by atoms with Gasteiger partial charge in [0.2, 0.25) is 5.91 Å². The predicted molar refractivity (Wildman–Crippen MR) is 91.9 cm³/mol. The van der Waals surface area contributed by atoms with E-state index >= 15 is 0 Å². The zero-order valence-electron chi connectivity index (χ0n) is 14.0. The van der Waals surface area contributed by atoms with Crippen molar-refractivity contribution in [1.82, 2.24) is 20.0 Å². The summed E-state index contributed by atoms with van der Waals surface area (Å²) < 4.78 is 1.85. The first-order valence-corrected chi connectivity index (χ1v) is 7.66. The maximum Gasteiger partial charge on any atom is 0.243 e. The molecule has 0 aliphatic heterocycles. The molecule has 122 valence electrons. The topological polar surface area (TPSA) is 50.2 Å². The molecule has 0 unspecified atom stereocenters. The summed E-state index contributed by atoms with van der Waals surface area (Å²) >= 11 is 0. The first-order valence-electron chi connectivity index (χ1n) is 7.66. The molecule has 0 fully saturated rings. The van der Waals surface area contributed by atoms with Crippen LogP contribution in [0.15, 0.2) is 49.2 Å². The van der Waals surface area contributed by atoms with Crippen molar-refractivity contribution in [3.05, 3.63) is 66.0 Å². The van der Waals surface area contributed by atoms with Crippen LogP contribution >= 0.6 is 0 Å². The van der Waals surface area contributed by atoms with Crippen molar-refractivity contribution >= 4 is 5.91 Å². The van der Waals surface area contributed by atoms with Crippen LogP contribution in [-0.2, 0) is 17.9 Å². The van der Waals surface area contributed by atoms with Crippen LogP contribution in [0.1, 0.15) is 22.9 Å². The van der Waals surface area contributed by atoms with Gasteiger partial charge in [-0.15, -0.1) is 6.58 Å².